The van der Waals surface area contributed by atoms with Crippen molar-refractivity contribution >= 4 is 68.2 Å². The van der Waals surface area contributed by atoms with Gasteiger partial charge in [-0.1, -0.05) is 41.4 Å². The van der Waals surface area contributed by atoms with Crippen molar-refractivity contribution in [3.8, 4) is 12.1 Å². The molecule has 0 fully saturated rings. The molecule has 0 spiro atoms. The Morgan fingerprint density at radius 2 is 1.59 bits per heavy atom. The van der Waals surface area contributed by atoms with E-state index in [1.54, 1.807) is 7.05 Å². The Kier molecular flexibility index (Phi) is 6.06. The van der Waals surface area contributed by atoms with Gasteiger partial charge in [-0.3, -0.25) is 4.99 Å². The van der Waals surface area contributed by atoms with Crippen molar-refractivity contribution in [3.05, 3.63) is 20.5 Å². The molecule has 0 N–H and O–H groups in total. The summed E-state index contributed by atoms with van der Waals surface area (Å²) in [5.41, 5.74) is 0.922. The zero-order chi connectivity index (χ0) is 16.1. The van der Waals surface area contributed by atoms with Crippen molar-refractivity contribution in [2.45, 2.75) is 6.92 Å². The Hall–Kier alpha value is -1.30. The zero-order valence-corrected chi connectivity index (χ0v) is 15.9. The quantitative estimate of drug-likeness (QED) is 0.448. The summed E-state index contributed by atoms with van der Waals surface area (Å²) in [6, 6.07) is 4.29. The third kappa shape index (κ3) is 3.54. The van der Waals surface area contributed by atoms with Gasteiger partial charge in [-0.05, 0) is 13.2 Å². The van der Waals surface area contributed by atoms with Gasteiger partial charge in [0, 0.05) is 7.05 Å². The van der Waals surface area contributed by atoms with Crippen molar-refractivity contribution < 1.29 is 0 Å². The molecule has 0 unspecified atom stereocenters. The first kappa shape index (κ1) is 17.1. The first-order valence-corrected chi connectivity index (χ1v) is 11.3. The molecule has 0 saturated heterocycles. The maximum absolute atomic E-state index is 9.38. The second kappa shape index (κ2) is 7.81. The molecule has 0 aliphatic carbocycles. The van der Waals surface area contributed by atoms with Crippen molar-refractivity contribution in [2.75, 3.05) is 13.3 Å². The van der Waals surface area contributed by atoms with E-state index in [0.29, 0.717) is 30.5 Å². The molecule has 2 aromatic heterocycles. The highest BCUT2D eigenvalue weighted by Crippen LogP contribution is 2.30. The van der Waals surface area contributed by atoms with Crippen LogP contribution in [0.15, 0.2) is 15.0 Å². The van der Waals surface area contributed by atoms with Gasteiger partial charge in [0.2, 0.25) is 0 Å². The van der Waals surface area contributed by atoms with Crippen LogP contribution in [0, 0.1) is 22.7 Å². The summed E-state index contributed by atoms with van der Waals surface area (Å²) in [5.74, 6) is 0. The molecule has 112 valence electrons. The van der Waals surface area contributed by atoms with Crippen LogP contribution in [-0.4, -0.2) is 18.3 Å². The van der Waals surface area contributed by atoms with Crippen LogP contribution in [0.5, 0.6) is 0 Å². The lowest BCUT2D eigenvalue weighted by molar-refractivity contribution is 1.30. The van der Waals surface area contributed by atoms with Crippen LogP contribution in [0.4, 0.5) is 10.0 Å². The Labute approximate surface area is 146 Å². The molecular formula is C12H9N5S5. The van der Waals surface area contributed by atoms with Crippen molar-refractivity contribution in [1.82, 2.24) is 0 Å². The predicted octanol–water partition coefficient (Wildman–Crippen LogP) is 3.85. The third-order valence-corrected chi connectivity index (χ3v) is 7.59. The van der Waals surface area contributed by atoms with Gasteiger partial charge in [-0.2, -0.15) is 10.5 Å². The first-order valence-electron chi connectivity index (χ1n) is 5.77. The minimum absolute atomic E-state index is 0.459. The lowest BCUT2D eigenvalue weighted by atomic mass is 10.4. The van der Waals surface area contributed by atoms with Gasteiger partial charge in [0.15, 0.2) is 0 Å². The Morgan fingerprint density at radius 1 is 1.00 bits per heavy atom. The Bertz CT molecular complexity index is 925. The van der Waals surface area contributed by atoms with Gasteiger partial charge < -0.3 is 0 Å². The first-order chi connectivity index (χ1) is 10.6. The van der Waals surface area contributed by atoms with Crippen molar-refractivity contribution in [2.24, 2.45) is 15.0 Å². The number of nitriles is 2. The molecule has 0 saturated carbocycles. The van der Waals surface area contributed by atoms with Gasteiger partial charge in [-0.25, -0.2) is 9.98 Å². The number of hydrogen-bond acceptors (Lipinski definition) is 10. The van der Waals surface area contributed by atoms with E-state index in [1.165, 1.54) is 53.1 Å². The van der Waals surface area contributed by atoms with Gasteiger partial charge in [0.1, 0.15) is 42.6 Å². The predicted molar refractivity (Wildman–Crippen MR) is 96.8 cm³/mol. The Balaban J connectivity index is 2.63. The molecule has 2 rings (SSSR count). The molecule has 0 radical (unpaired) electrons. The summed E-state index contributed by atoms with van der Waals surface area (Å²) in [4.78, 5) is 13.0. The van der Waals surface area contributed by atoms with Crippen LogP contribution >= 0.6 is 53.1 Å². The summed E-state index contributed by atoms with van der Waals surface area (Å²) in [6.07, 6.45) is 1.94. The standard InChI is InChI=1S/C12H9N5S5/c1-6(18-3)16-10-8(5-14)12(22-20-10)17-11-7(4-13)9(15-2)19-21-11/h1-3H3. The van der Waals surface area contributed by atoms with Crippen molar-refractivity contribution in [3.63, 3.8) is 0 Å². The molecule has 0 aliphatic rings. The maximum atomic E-state index is 9.38. The summed E-state index contributed by atoms with van der Waals surface area (Å²) < 4.78 is 1.26. The van der Waals surface area contributed by atoms with E-state index < -0.39 is 0 Å². The number of aliphatic imine (C=N–C) groups is 1. The molecule has 2 aromatic rings. The van der Waals surface area contributed by atoms with Crippen molar-refractivity contribution in [1.29, 1.82) is 10.5 Å². The van der Waals surface area contributed by atoms with Crippen LogP contribution in [0.1, 0.15) is 18.1 Å². The highest BCUT2D eigenvalue weighted by molar-refractivity contribution is 8.13. The van der Waals surface area contributed by atoms with Gasteiger partial charge in [0.05, 0.1) is 5.04 Å². The monoisotopic (exact) mass is 383 g/mol. The Morgan fingerprint density at radius 3 is 2.18 bits per heavy atom. The number of nitrogens with zero attached hydrogens (tertiary/aromatic N) is 5. The van der Waals surface area contributed by atoms with Gasteiger partial charge in [0.25, 0.3) is 0 Å². The summed E-state index contributed by atoms with van der Waals surface area (Å²) in [6.45, 7) is 1.90. The average Bonchev–Trinajstić information content (AvgIpc) is 3.10. The summed E-state index contributed by atoms with van der Waals surface area (Å²) >= 11 is 1.53. The lowest BCUT2D eigenvalue weighted by Gasteiger charge is -1.92. The van der Waals surface area contributed by atoms with E-state index in [-0.39, 0.29) is 0 Å². The molecule has 0 amide bonds. The molecule has 22 heavy (non-hydrogen) atoms. The fourth-order valence-corrected chi connectivity index (χ4v) is 6.01. The lowest BCUT2D eigenvalue weighted by Crippen LogP contribution is -2.00. The summed E-state index contributed by atoms with van der Waals surface area (Å²) in [7, 11) is 7.25. The number of rotatable bonds is 2. The fourth-order valence-electron chi connectivity index (χ4n) is 1.35. The topological polar surface area (TPSA) is 84.7 Å². The average molecular weight is 384 g/mol. The molecule has 10 heteroatoms. The normalized spacial score (nSPS) is 13.2. The largest absolute Gasteiger partial charge is 0.276 e. The highest BCUT2D eigenvalue weighted by Gasteiger charge is 2.12. The number of hydrogen-bond donors (Lipinski definition) is 0. The van der Waals surface area contributed by atoms with Crippen LogP contribution in [0.25, 0.3) is 0 Å². The molecule has 0 bridgehead atoms. The molecule has 0 aliphatic heterocycles. The van der Waals surface area contributed by atoms with Crippen LogP contribution in [0.2, 0.25) is 0 Å². The fraction of sp³-hybridized carbons (Fsp3) is 0.250. The summed E-state index contributed by atoms with van der Waals surface area (Å²) in [5, 5.41) is 20.8. The van der Waals surface area contributed by atoms with E-state index in [0.717, 1.165) is 5.04 Å². The second-order valence-corrected chi connectivity index (χ2v) is 8.91. The van der Waals surface area contributed by atoms with E-state index in [2.05, 4.69) is 27.1 Å². The smallest absolute Gasteiger partial charge is 0.148 e. The molecule has 0 aromatic carbocycles. The number of thioether (sulfide) groups is 1. The zero-order valence-electron chi connectivity index (χ0n) is 11.8. The second-order valence-electron chi connectivity index (χ2n) is 3.70. The minimum Gasteiger partial charge on any atom is -0.276 e. The van der Waals surface area contributed by atoms with Gasteiger partial charge in [-0.15, -0.1) is 11.8 Å². The molecule has 5 nitrogen and oxygen atoms in total. The van der Waals surface area contributed by atoms with Crippen LogP contribution < -0.4 is 9.34 Å². The highest BCUT2D eigenvalue weighted by atomic mass is 32.9. The van der Waals surface area contributed by atoms with E-state index >= 15 is 0 Å². The third-order valence-electron chi connectivity index (χ3n) is 2.44. The molecule has 0 atom stereocenters. The molecule has 2 heterocycles. The van der Waals surface area contributed by atoms with E-state index in [1.807, 2.05) is 13.2 Å². The van der Waals surface area contributed by atoms with Crippen LogP contribution in [0.3, 0.4) is 0 Å². The van der Waals surface area contributed by atoms with E-state index in [9.17, 15) is 10.5 Å². The van der Waals surface area contributed by atoms with Crippen LogP contribution in [-0.2, 0) is 0 Å². The maximum Gasteiger partial charge on any atom is 0.148 e. The minimum atomic E-state index is 0.459. The van der Waals surface area contributed by atoms with Gasteiger partial charge >= 0.3 is 0 Å². The SMILES string of the molecule is CN=c1ssc(N=c2ssc(N=C(C)SC)c2C#N)c1C#N. The van der Waals surface area contributed by atoms with E-state index in [4.69, 9.17) is 0 Å². The molecular weight excluding hydrogens is 375 g/mol.